The molecule has 0 saturated carbocycles. The molecule has 0 fully saturated rings. The van der Waals surface area contributed by atoms with Crippen LogP contribution in [0.3, 0.4) is 0 Å². The summed E-state index contributed by atoms with van der Waals surface area (Å²) in [5, 5.41) is 20.7. The van der Waals surface area contributed by atoms with Gasteiger partial charge in [0.05, 0.1) is 0 Å². The zero-order valence-electron chi connectivity index (χ0n) is 17.7. The Balaban J connectivity index is 0.000000255. The molecule has 2 atom stereocenters. The van der Waals surface area contributed by atoms with Gasteiger partial charge >= 0.3 is 0 Å². The van der Waals surface area contributed by atoms with Gasteiger partial charge in [-0.1, -0.05) is 29.8 Å². The van der Waals surface area contributed by atoms with E-state index in [1.807, 2.05) is 24.3 Å². The summed E-state index contributed by atoms with van der Waals surface area (Å²) in [6.07, 6.45) is 0. The fourth-order valence-electron chi connectivity index (χ4n) is 3.18. The van der Waals surface area contributed by atoms with Gasteiger partial charge in [0.15, 0.2) is 28.7 Å². The summed E-state index contributed by atoms with van der Waals surface area (Å²) in [5.41, 5.74) is 1.49. The summed E-state index contributed by atoms with van der Waals surface area (Å²) >= 11 is 0. The van der Waals surface area contributed by atoms with Gasteiger partial charge in [0.25, 0.3) is 0 Å². The van der Waals surface area contributed by atoms with Crippen LogP contribution in [0.5, 0.6) is 23.0 Å². The van der Waals surface area contributed by atoms with Gasteiger partial charge in [-0.25, -0.2) is 0 Å². The molecule has 2 aliphatic heterocycles. The third kappa shape index (κ3) is 5.48. The van der Waals surface area contributed by atoms with Crippen LogP contribution in [0, 0.1) is 23.6 Å². The topological polar surface area (TPSA) is 117 Å². The summed E-state index contributed by atoms with van der Waals surface area (Å²) in [5.74, 6) is 1.80. The van der Waals surface area contributed by atoms with E-state index in [0.717, 1.165) is 50.8 Å². The number of nitro groups is 1. The van der Waals surface area contributed by atoms with Gasteiger partial charge in [-0.05, 0) is 22.7 Å². The minimum Gasteiger partial charge on any atom is -0.521 e. The molecule has 34 heavy (non-hydrogen) atoms. The van der Waals surface area contributed by atoms with Crippen LogP contribution in [0.25, 0.3) is 11.1 Å². The Morgan fingerprint density at radius 3 is 1.88 bits per heavy atom. The number of rotatable bonds is 3. The van der Waals surface area contributed by atoms with Crippen molar-refractivity contribution in [3.8, 4) is 34.1 Å². The Morgan fingerprint density at radius 1 is 0.941 bits per heavy atom. The standard InChI is InChI=1S/C14H12O4P2.C7H4NO4.CH3.Ir/c19-9-3-1-7-13(17-5-15-7)11(9)12-10(20)4-2-8-14(12)18-6-16-8;9-7(10)5-2-1-3-6(4-5)8(11)12;;/h1-4H,5-6,19-20H2;1,3-4H,(H,9,10);1H3;/q;2*-1;. The van der Waals surface area contributed by atoms with Crippen LogP contribution in [0.2, 0.25) is 0 Å². The average molecular weight is 680 g/mol. The fraction of sp³-hybridized carbons (Fsp3) is 0.0909. The Hall–Kier alpha value is -2.76. The number of hydrogen-bond donors (Lipinski definition) is 1. The third-order valence-electron chi connectivity index (χ3n) is 4.62. The molecule has 2 aliphatic rings. The number of nitro benzene ring substituents is 1. The van der Waals surface area contributed by atoms with Gasteiger partial charge < -0.3 is 36.3 Å². The number of carboxylic acid groups (broad SMARTS) is 1. The minimum atomic E-state index is -1.22. The van der Waals surface area contributed by atoms with Crippen LogP contribution in [-0.4, -0.2) is 29.6 Å². The maximum absolute atomic E-state index is 10.3. The SMILES string of the molecule is O=C(O)c1[c-]ccc([N+](=O)[O-])c1.Pc1ccc2c(c1-c1c(P)ccc3c1OCO3)OCO2.[CH3-].[Ir]. The monoisotopic (exact) mass is 680 g/mol. The first-order valence-corrected chi connectivity index (χ1v) is 10.3. The molecule has 0 bridgehead atoms. The van der Waals surface area contributed by atoms with Gasteiger partial charge in [-0.15, -0.1) is 30.6 Å². The Morgan fingerprint density at radius 2 is 1.44 bits per heavy atom. The van der Waals surface area contributed by atoms with Crippen molar-refractivity contribution in [2.24, 2.45) is 0 Å². The number of ether oxygens (including phenoxy) is 4. The number of nitrogens with zero attached hydrogens (tertiary/aromatic N) is 1. The van der Waals surface area contributed by atoms with E-state index in [0.29, 0.717) is 0 Å². The predicted molar refractivity (Wildman–Crippen MR) is 128 cm³/mol. The van der Waals surface area contributed by atoms with Crippen molar-refractivity contribution in [2.75, 3.05) is 13.6 Å². The van der Waals surface area contributed by atoms with Gasteiger partial charge in [-0.2, -0.15) is 0 Å². The van der Waals surface area contributed by atoms with Gasteiger partial charge in [0.2, 0.25) is 19.6 Å². The van der Waals surface area contributed by atoms with E-state index >= 15 is 0 Å². The first-order valence-electron chi connectivity index (χ1n) is 9.12. The zero-order chi connectivity index (χ0) is 22.8. The van der Waals surface area contributed by atoms with Gasteiger partial charge in [-0.3, -0.25) is 10.1 Å². The van der Waals surface area contributed by atoms with E-state index < -0.39 is 10.9 Å². The maximum atomic E-state index is 10.3. The van der Waals surface area contributed by atoms with E-state index in [1.54, 1.807) is 0 Å². The average Bonchev–Trinajstić information content (AvgIpc) is 3.44. The molecular formula is C22H19IrNO8P2-2. The summed E-state index contributed by atoms with van der Waals surface area (Å²) in [6.45, 7) is 0.490. The van der Waals surface area contributed by atoms with Crippen molar-refractivity contribution in [1.82, 2.24) is 0 Å². The molecule has 3 aromatic carbocycles. The molecule has 5 rings (SSSR count). The van der Waals surface area contributed by atoms with Crippen molar-refractivity contribution in [3.05, 3.63) is 71.6 Å². The summed E-state index contributed by atoms with van der Waals surface area (Å²) in [7, 11) is 5.47. The number of fused-ring (bicyclic) bond motifs is 2. The number of aromatic carboxylic acids is 1. The number of benzene rings is 3. The molecule has 3 aromatic rings. The molecular weight excluding hydrogens is 660 g/mol. The molecule has 12 heteroatoms. The molecule has 1 N–H and O–H groups in total. The van der Waals surface area contributed by atoms with Crippen LogP contribution in [-0.2, 0) is 20.1 Å². The van der Waals surface area contributed by atoms with Crippen molar-refractivity contribution < 1.29 is 53.9 Å². The predicted octanol–water partition coefficient (Wildman–Crippen LogP) is 3.35. The Kier molecular flexibility index (Phi) is 9.36. The van der Waals surface area contributed by atoms with Crippen LogP contribution >= 0.6 is 18.5 Å². The second kappa shape index (κ2) is 11.6. The van der Waals surface area contributed by atoms with Crippen molar-refractivity contribution >= 4 is 40.7 Å². The smallest absolute Gasteiger partial charge is 0.247 e. The maximum Gasteiger partial charge on any atom is 0.247 e. The van der Waals surface area contributed by atoms with Gasteiger partial charge in [0, 0.05) is 36.2 Å². The molecule has 2 heterocycles. The molecule has 2 unspecified atom stereocenters. The summed E-state index contributed by atoms with van der Waals surface area (Å²) in [4.78, 5) is 19.8. The van der Waals surface area contributed by atoms with E-state index in [4.69, 9.17) is 24.1 Å². The minimum absolute atomic E-state index is 0. The Labute approximate surface area is 213 Å². The van der Waals surface area contributed by atoms with E-state index in [2.05, 4.69) is 24.5 Å². The Bertz CT molecular complexity index is 1150. The second-order valence-electron chi connectivity index (χ2n) is 6.55. The first-order chi connectivity index (χ1) is 15.4. The van der Waals surface area contributed by atoms with Crippen LogP contribution in [0.4, 0.5) is 5.69 Å². The van der Waals surface area contributed by atoms with Crippen molar-refractivity contribution in [2.45, 2.75) is 0 Å². The second-order valence-corrected chi connectivity index (χ2v) is 7.79. The fourth-order valence-corrected chi connectivity index (χ4v) is 3.93. The quantitative estimate of drug-likeness (QED) is 0.194. The van der Waals surface area contributed by atoms with E-state index in [9.17, 15) is 14.9 Å². The molecule has 1 radical (unpaired) electrons. The van der Waals surface area contributed by atoms with E-state index in [-0.39, 0.29) is 52.4 Å². The molecule has 181 valence electrons. The molecule has 0 saturated heterocycles. The molecule has 9 nitrogen and oxygen atoms in total. The van der Waals surface area contributed by atoms with Crippen LogP contribution < -0.4 is 29.6 Å². The van der Waals surface area contributed by atoms with E-state index in [1.165, 1.54) is 12.1 Å². The number of non-ortho nitro benzene ring substituents is 1. The molecule has 0 amide bonds. The molecule has 0 spiro atoms. The molecule has 0 aromatic heterocycles. The third-order valence-corrected chi connectivity index (χ3v) is 5.58. The molecule has 0 aliphatic carbocycles. The van der Waals surface area contributed by atoms with Crippen molar-refractivity contribution in [3.63, 3.8) is 0 Å². The normalized spacial score (nSPS) is 11.9. The van der Waals surface area contributed by atoms with Gasteiger partial charge in [0.1, 0.15) is 0 Å². The summed E-state index contributed by atoms with van der Waals surface area (Å²) in [6, 6.07) is 13.5. The first kappa shape index (κ1) is 27.5. The van der Waals surface area contributed by atoms with Crippen LogP contribution in [0.1, 0.15) is 10.4 Å². The van der Waals surface area contributed by atoms with Crippen molar-refractivity contribution in [1.29, 1.82) is 0 Å². The van der Waals surface area contributed by atoms with Crippen LogP contribution in [0.15, 0.2) is 42.5 Å². The largest absolute Gasteiger partial charge is 0.521 e. The number of carbonyl (C=O) groups is 1. The number of carboxylic acids is 1. The summed E-state index contributed by atoms with van der Waals surface area (Å²) < 4.78 is 22.2. The number of hydrogen-bond acceptors (Lipinski definition) is 7. The zero-order valence-corrected chi connectivity index (χ0v) is 22.4.